The molecule has 1 heterocycles. The van der Waals surface area contributed by atoms with Crippen LogP contribution in [-0.4, -0.2) is 17.0 Å². The minimum atomic E-state index is -0.186. The number of pyridine rings is 1. The van der Waals surface area contributed by atoms with Gasteiger partial charge in [0.15, 0.2) is 0 Å². The van der Waals surface area contributed by atoms with E-state index in [0.717, 1.165) is 5.69 Å². The van der Waals surface area contributed by atoms with Crippen LogP contribution in [0.1, 0.15) is 18.2 Å². The lowest BCUT2D eigenvalue weighted by atomic mass is 10.2. The smallest absolute Gasteiger partial charge is 0.255 e. The van der Waals surface area contributed by atoms with Crippen LogP contribution in [0.4, 0.5) is 0 Å². The van der Waals surface area contributed by atoms with Crippen molar-refractivity contribution in [3.8, 4) is 0 Å². The highest BCUT2D eigenvalue weighted by atomic mass is 16.2. The van der Waals surface area contributed by atoms with E-state index in [4.69, 9.17) is 5.73 Å². The number of nitrogens with zero attached hydrogens (tertiary/aromatic N) is 1. The topological polar surface area (TPSA) is 77.1 Å². The summed E-state index contributed by atoms with van der Waals surface area (Å²) in [6.07, 6.45) is 0. The molecule has 0 aliphatic heterocycles. The van der Waals surface area contributed by atoms with E-state index in [1.165, 1.54) is 4.57 Å². The van der Waals surface area contributed by atoms with Crippen LogP contribution in [0, 0.1) is 6.92 Å². The molecule has 0 atom stereocenters. The monoisotopic (exact) mass is 223 g/mol. The molecule has 0 radical (unpaired) electrons. The lowest BCUT2D eigenvalue weighted by Crippen LogP contribution is -2.34. The van der Waals surface area contributed by atoms with Gasteiger partial charge >= 0.3 is 0 Å². The van der Waals surface area contributed by atoms with Crippen LogP contribution < -0.4 is 16.6 Å². The molecule has 1 aromatic heterocycles. The Hall–Kier alpha value is -1.62. The van der Waals surface area contributed by atoms with E-state index in [1.54, 1.807) is 19.1 Å². The highest BCUT2D eigenvalue weighted by Crippen LogP contribution is 1.97. The Morgan fingerprint density at radius 1 is 1.50 bits per heavy atom. The number of hydrogen-bond acceptors (Lipinski definition) is 3. The first-order chi connectivity index (χ1) is 7.60. The van der Waals surface area contributed by atoms with E-state index in [2.05, 4.69) is 5.32 Å². The molecule has 0 saturated carbocycles. The van der Waals surface area contributed by atoms with Gasteiger partial charge in [-0.3, -0.25) is 9.59 Å². The number of carbonyl (C=O) groups is 1. The Balaban J connectivity index is 3.03. The third kappa shape index (κ3) is 2.70. The van der Waals surface area contributed by atoms with Crippen LogP contribution in [-0.2, 0) is 17.9 Å². The summed E-state index contributed by atoms with van der Waals surface area (Å²) >= 11 is 0. The van der Waals surface area contributed by atoms with Crippen molar-refractivity contribution in [2.24, 2.45) is 5.73 Å². The molecular formula is C11H17N3O2. The lowest BCUT2D eigenvalue weighted by molar-refractivity contribution is -0.121. The molecule has 0 saturated heterocycles. The zero-order valence-corrected chi connectivity index (χ0v) is 9.62. The van der Waals surface area contributed by atoms with Gasteiger partial charge in [0.05, 0.1) is 0 Å². The second-order valence-electron chi connectivity index (χ2n) is 3.55. The second-order valence-corrected chi connectivity index (χ2v) is 3.55. The maximum absolute atomic E-state index is 11.9. The summed E-state index contributed by atoms with van der Waals surface area (Å²) in [5, 5.41) is 2.66. The molecule has 0 aliphatic carbocycles. The maximum Gasteiger partial charge on any atom is 0.255 e. The van der Waals surface area contributed by atoms with E-state index in [-0.39, 0.29) is 24.6 Å². The van der Waals surface area contributed by atoms with Crippen molar-refractivity contribution in [1.29, 1.82) is 0 Å². The zero-order chi connectivity index (χ0) is 12.1. The van der Waals surface area contributed by atoms with Crippen molar-refractivity contribution in [1.82, 2.24) is 9.88 Å². The van der Waals surface area contributed by atoms with Gasteiger partial charge in [-0.2, -0.15) is 0 Å². The average Bonchev–Trinajstić information content (AvgIpc) is 2.25. The Morgan fingerprint density at radius 2 is 2.19 bits per heavy atom. The van der Waals surface area contributed by atoms with Gasteiger partial charge < -0.3 is 15.6 Å². The number of likely N-dealkylation sites (N-methyl/N-ethyl adjacent to an activating group) is 1. The summed E-state index contributed by atoms with van der Waals surface area (Å²) in [5.41, 5.74) is 6.54. The molecule has 1 amide bonds. The summed E-state index contributed by atoms with van der Waals surface area (Å²) in [4.78, 5) is 23.3. The number of hydrogen-bond donors (Lipinski definition) is 2. The predicted octanol–water partition coefficient (Wildman–Crippen LogP) is -0.248. The van der Waals surface area contributed by atoms with E-state index in [0.29, 0.717) is 12.1 Å². The number of rotatable bonds is 4. The summed E-state index contributed by atoms with van der Waals surface area (Å²) < 4.78 is 1.44. The van der Waals surface area contributed by atoms with Crippen molar-refractivity contribution < 1.29 is 4.79 Å². The fraction of sp³-hybridized carbons (Fsp3) is 0.455. The van der Waals surface area contributed by atoms with Crippen molar-refractivity contribution in [3.05, 3.63) is 33.7 Å². The highest BCUT2D eigenvalue weighted by Gasteiger charge is 2.08. The normalized spacial score (nSPS) is 10.2. The summed E-state index contributed by atoms with van der Waals surface area (Å²) in [6.45, 7) is 4.43. The third-order valence-corrected chi connectivity index (χ3v) is 2.37. The number of amides is 1. The van der Waals surface area contributed by atoms with E-state index < -0.39 is 0 Å². The fourth-order valence-electron chi connectivity index (χ4n) is 1.46. The first kappa shape index (κ1) is 12.4. The minimum Gasteiger partial charge on any atom is -0.355 e. The van der Waals surface area contributed by atoms with Crippen LogP contribution in [0.5, 0.6) is 0 Å². The van der Waals surface area contributed by atoms with Gasteiger partial charge in [-0.15, -0.1) is 0 Å². The van der Waals surface area contributed by atoms with Crippen LogP contribution in [0.15, 0.2) is 16.9 Å². The number of carbonyl (C=O) groups excluding carboxylic acids is 1. The molecule has 0 aromatic carbocycles. The molecule has 0 bridgehead atoms. The second kappa shape index (κ2) is 5.46. The van der Waals surface area contributed by atoms with Gasteiger partial charge in [0, 0.05) is 24.3 Å². The summed E-state index contributed by atoms with van der Waals surface area (Å²) in [6, 6.07) is 3.49. The van der Waals surface area contributed by atoms with E-state index in [1.807, 2.05) is 6.92 Å². The quantitative estimate of drug-likeness (QED) is 0.739. The minimum absolute atomic E-state index is 0.0480. The summed E-state index contributed by atoms with van der Waals surface area (Å²) in [5.74, 6) is -0.165. The Kier molecular flexibility index (Phi) is 4.25. The molecule has 88 valence electrons. The fourth-order valence-corrected chi connectivity index (χ4v) is 1.46. The molecule has 0 fully saturated rings. The molecule has 1 rings (SSSR count). The number of aromatic nitrogens is 1. The maximum atomic E-state index is 11.9. The lowest BCUT2D eigenvalue weighted by Gasteiger charge is -2.10. The molecule has 5 heteroatoms. The standard InChI is InChI=1S/C11H17N3O2/c1-3-13-10(15)7-14-8(2)4-5-9(6-12)11(14)16/h4-5H,3,6-7,12H2,1-2H3,(H,13,15). The average molecular weight is 223 g/mol. The predicted molar refractivity (Wildman–Crippen MR) is 62.0 cm³/mol. The molecule has 5 nitrogen and oxygen atoms in total. The molecule has 3 N–H and O–H groups in total. The highest BCUT2D eigenvalue weighted by molar-refractivity contribution is 5.75. The Bertz CT molecular complexity index is 437. The zero-order valence-electron chi connectivity index (χ0n) is 9.62. The van der Waals surface area contributed by atoms with E-state index >= 15 is 0 Å². The Morgan fingerprint density at radius 3 is 2.75 bits per heavy atom. The Labute approximate surface area is 94.3 Å². The van der Waals surface area contributed by atoms with Gasteiger partial charge in [0.1, 0.15) is 6.54 Å². The molecule has 0 unspecified atom stereocenters. The largest absolute Gasteiger partial charge is 0.355 e. The van der Waals surface area contributed by atoms with Crippen LogP contribution in [0.3, 0.4) is 0 Å². The van der Waals surface area contributed by atoms with Crippen LogP contribution in [0.25, 0.3) is 0 Å². The SMILES string of the molecule is CCNC(=O)Cn1c(C)ccc(CN)c1=O. The van der Waals surface area contributed by atoms with Gasteiger partial charge in [-0.05, 0) is 19.9 Å². The number of aryl methyl sites for hydroxylation is 1. The van der Waals surface area contributed by atoms with Crippen molar-refractivity contribution in [3.63, 3.8) is 0 Å². The van der Waals surface area contributed by atoms with Crippen LogP contribution in [0.2, 0.25) is 0 Å². The third-order valence-electron chi connectivity index (χ3n) is 2.37. The first-order valence-electron chi connectivity index (χ1n) is 5.26. The molecular weight excluding hydrogens is 206 g/mol. The van der Waals surface area contributed by atoms with Crippen molar-refractivity contribution in [2.45, 2.75) is 26.9 Å². The van der Waals surface area contributed by atoms with Gasteiger partial charge in [-0.25, -0.2) is 0 Å². The van der Waals surface area contributed by atoms with Crippen molar-refractivity contribution in [2.75, 3.05) is 6.54 Å². The summed E-state index contributed by atoms with van der Waals surface area (Å²) in [7, 11) is 0. The van der Waals surface area contributed by atoms with Crippen molar-refractivity contribution >= 4 is 5.91 Å². The first-order valence-corrected chi connectivity index (χ1v) is 5.26. The van der Waals surface area contributed by atoms with Gasteiger partial charge in [0.2, 0.25) is 5.91 Å². The van der Waals surface area contributed by atoms with Crippen LogP contribution >= 0.6 is 0 Å². The molecule has 1 aromatic rings. The molecule has 0 aliphatic rings. The number of nitrogens with two attached hydrogens (primary N) is 1. The number of nitrogens with one attached hydrogen (secondary N) is 1. The molecule has 0 spiro atoms. The van der Waals surface area contributed by atoms with Gasteiger partial charge in [-0.1, -0.05) is 6.07 Å². The van der Waals surface area contributed by atoms with Gasteiger partial charge in [0.25, 0.3) is 5.56 Å². The molecule has 16 heavy (non-hydrogen) atoms. The van der Waals surface area contributed by atoms with E-state index in [9.17, 15) is 9.59 Å².